The Morgan fingerprint density at radius 1 is 1.41 bits per heavy atom. The highest BCUT2D eigenvalue weighted by Gasteiger charge is 2.28. The van der Waals surface area contributed by atoms with E-state index < -0.39 is 0 Å². The summed E-state index contributed by atoms with van der Waals surface area (Å²) >= 11 is 6.45. The summed E-state index contributed by atoms with van der Waals surface area (Å²) in [5.41, 5.74) is 1.25. The molecule has 3 atom stereocenters. The van der Waals surface area contributed by atoms with Crippen LogP contribution in [0.4, 0.5) is 0 Å². The van der Waals surface area contributed by atoms with Gasteiger partial charge in [-0.1, -0.05) is 12.1 Å². The number of ether oxygens (including phenoxy) is 2. The molecule has 2 rings (SSSR count). The van der Waals surface area contributed by atoms with Crippen LogP contribution < -0.4 is 4.74 Å². The molecule has 2 nitrogen and oxygen atoms in total. The van der Waals surface area contributed by atoms with Crippen molar-refractivity contribution in [3.8, 4) is 5.75 Å². The fraction of sp³-hybridized carbons (Fsp3) is 0.571. The van der Waals surface area contributed by atoms with E-state index in [1.165, 1.54) is 5.56 Å². The molecule has 1 aliphatic rings. The van der Waals surface area contributed by atoms with Crippen molar-refractivity contribution >= 4 is 11.6 Å². The van der Waals surface area contributed by atoms with Crippen LogP contribution in [0.15, 0.2) is 24.3 Å². The molecule has 0 aliphatic carbocycles. The van der Waals surface area contributed by atoms with Crippen LogP contribution in [0.1, 0.15) is 18.9 Å². The van der Waals surface area contributed by atoms with E-state index in [2.05, 4.69) is 19.1 Å². The Morgan fingerprint density at radius 2 is 2.12 bits per heavy atom. The largest absolute Gasteiger partial charge is 0.497 e. The van der Waals surface area contributed by atoms with Crippen molar-refractivity contribution in [3.63, 3.8) is 0 Å². The summed E-state index contributed by atoms with van der Waals surface area (Å²) in [7, 11) is 1.68. The lowest BCUT2D eigenvalue weighted by Crippen LogP contribution is -2.17. The molecule has 3 unspecified atom stereocenters. The van der Waals surface area contributed by atoms with E-state index in [1.54, 1.807) is 7.11 Å². The van der Waals surface area contributed by atoms with Crippen LogP contribution in [0.3, 0.4) is 0 Å². The van der Waals surface area contributed by atoms with Gasteiger partial charge in [-0.25, -0.2) is 0 Å². The molecule has 0 amide bonds. The Balaban J connectivity index is 1.91. The molecule has 0 N–H and O–H groups in total. The fourth-order valence-corrected chi connectivity index (χ4v) is 2.61. The van der Waals surface area contributed by atoms with Crippen molar-refractivity contribution < 1.29 is 9.47 Å². The first-order valence-electron chi connectivity index (χ1n) is 6.07. The lowest BCUT2D eigenvalue weighted by molar-refractivity contribution is 0.120. The zero-order chi connectivity index (χ0) is 12.3. The van der Waals surface area contributed by atoms with E-state index in [1.807, 2.05) is 12.1 Å². The second-order valence-electron chi connectivity index (χ2n) is 4.71. The monoisotopic (exact) mass is 254 g/mol. The lowest BCUT2D eigenvalue weighted by Gasteiger charge is -2.15. The number of hydrogen-bond acceptors (Lipinski definition) is 2. The van der Waals surface area contributed by atoms with E-state index in [-0.39, 0.29) is 5.38 Å². The molecule has 0 saturated carbocycles. The van der Waals surface area contributed by atoms with Gasteiger partial charge in [-0.05, 0) is 37.5 Å². The van der Waals surface area contributed by atoms with Crippen molar-refractivity contribution in [1.82, 2.24) is 0 Å². The van der Waals surface area contributed by atoms with Gasteiger partial charge in [0.05, 0.1) is 19.8 Å². The summed E-state index contributed by atoms with van der Waals surface area (Å²) in [6, 6.07) is 8.11. The third-order valence-corrected chi connectivity index (χ3v) is 3.84. The quantitative estimate of drug-likeness (QED) is 0.768. The van der Waals surface area contributed by atoms with Crippen LogP contribution in [-0.2, 0) is 11.2 Å². The van der Waals surface area contributed by atoms with Crippen molar-refractivity contribution in [2.24, 2.45) is 5.92 Å². The molecule has 0 aromatic heterocycles. The second kappa shape index (κ2) is 5.74. The van der Waals surface area contributed by atoms with Gasteiger partial charge in [0.2, 0.25) is 0 Å². The van der Waals surface area contributed by atoms with Gasteiger partial charge in [-0.3, -0.25) is 0 Å². The predicted octanol–water partition coefficient (Wildman–Crippen LogP) is 3.27. The van der Waals surface area contributed by atoms with Gasteiger partial charge >= 0.3 is 0 Å². The van der Waals surface area contributed by atoms with Gasteiger partial charge in [0.25, 0.3) is 0 Å². The molecular weight excluding hydrogens is 236 g/mol. The first-order valence-corrected chi connectivity index (χ1v) is 6.51. The van der Waals surface area contributed by atoms with Crippen LogP contribution in [0.5, 0.6) is 5.75 Å². The van der Waals surface area contributed by atoms with Crippen molar-refractivity contribution in [1.29, 1.82) is 0 Å². The van der Waals surface area contributed by atoms with Crippen LogP contribution in [0.25, 0.3) is 0 Å². The number of halogens is 1. The van der Waals surface area contributed by atoms with Gasteiger partial charge in [-0.2, -0.15) is 0 Å². The van der Waals surface area contributed by atoms with Crippen LogP contribution in [0.2, 0.25) is 0 Å². The van der Waals surface area contributed by atoms with E-state index in [0.717, 1.165) is 25.2 Å². The number of benzene rings is 1. The minimum Gasteiger partial charge on any atom is -0.497 e. The van der Waals surface area contributed by atoms with E-state index in [0.29, 0.717) is 12.0 Å². The van der Waals surface area contributed by atoms with Crippen LogP contribution >= 0.6 is 11.6 Å². The Labute approximate surface area is 108 Å². The van der Waals surface area contributed by atoms with Crippen LogP contribution in [-0.4, -0.2) is 25.2 Å². The molecule has 3 heteroatoms. The maximum Gasteiger partial charge on any atom is 0.118 e. The summed E-state index contributed by atoms with van der Waals surface area (Å²) in [6.45, 7) is 2.91. The average Bonchev–Trinajstić information content (AvgIpc) is 2.77. The molecule has 1 saturated heterocycles. The number of hydrogen-bond donors (Lipinski definition) is 0. The van der Waals surface area contributed by atoms with Gasteiger partial charge < -0.3 is 9.47 Å². The van der Waals surface area contributed by atoms with Crippen molar-refractivity contribution in [2.45, 2.75) is 31.2 Å². The Hall–Kier alpha value is -0.730. The normalized spacial score (nSPS) is 25.8. The van der Waals surface area contributed by atoms with E-state index >= 15 is 0 Å². The zero-order valence-corrected chi connectivity index (χ0v) is 11.1. The van der Waals surface area contributed by atoms with Gasteiger partial charge in [0, 0.05) is 11.3 Å². The SMILES string of the molecule is COc1ccc(CC(Cl)C2COC(C)C2)cc1. The average molecular weight is 255 g/mol. The minimum absolute atomic E-state index is 0.161. The zero-order valence-electron chi connectivity index (χ0n) is 10.4. The Morgan fingerprint density at radius 3 is 2.65 bits per heavy atom. The molecule has 0 bridgehead atoms. The van der Waals surface area contributed by atoms with E-state index in [4.69, 9.17) is 21.1 Å². The van der Waals surface area contributed by atoms with Crippen LogP contribution in [0, 0.1) is 5.92 Å². The van der Waals surface area contributed by atoms with Gasteiger partial charge in [-0.15, -0.1) is 11.6 Å². The summed E-state index contributed by atoms with van der Waals surface area (Å²) in [5, 5.41) is 0.161. The summed E-state index contributed by atoms with van der Waals surface area (Å²) in [6.07, 6.45) is 2.33. The van der Waals surface area contributed by atoms with Gasteiger partial charge in [0.1, 0.15) is 5.75 Å². The predicted molar refractivity (Wildman–Crippen MR) is 69.9 cm³/mol. The molecule has 1 fully saturated rings. The highest BCUT2D eigenvalue weighted by molar-refractivity contribution is 6.20. The summed E-state index contributed by atoms with van der Waals surface area (Å²) in [5.74, 6) is 1.37. The summed E-state index contributed by atoms with van der Waals surface area (Å²) in [4.78, 5) is 0. The van der Waals surface area contributed by atoms with Crippen molar-refractivity contribution in [2.75, 3.05) is 13.7 Å². The number of alkyl halides is 1. The molecular formula is C14H19ClO2. The summed E-state index contributed by atoms with van der Waals surface area (Å²) < 4.78 is 10.7. The standard InChI is InChI=1S/C14H19ClO2/c1-10-7-12(9-17-10)14(15)8-11-3-5-13(16-2)6-4-11/h3-6,10,12,14H,7-9H2,1-2H3. The van der Waals surface area contributed by atoms with Gasteiger partial charge in [0.15, 0.2) is 0 Å². The number of methoxy groups -OCH3 is 1. The minimum atomic E-state index is 0.161. The lowest BCUT2D eigenvalue weighted by atomic mass is 9.96. The molecule has 94 valence electrons. The second-order valence-corrected chi connectivity index (χ2v) is 5.27. The molecule has 1 aromatic rings. The smallest absolute Gasteiger partial charge is 0.118 e. The molecule has 0 radical (unpaired) electrons. The topological polar surface area (TPSA) is 18.5 Å². The first kappa shape index (κ1) is 12.7. The molecule has 1 heterocycles. The molecule has 1 aliphatic heterocycles. The first-order chi connectivity index (χ1) is 8.19. The highest BCUT2D eigenvalue weighted by atomic mass is 35.5. The third kappa shape index (κ3) is 3.36. The third-order valence-electron chi connectivity index (χ3n) is 3.33. The molecule has 0 spiro atoms. The highest BCUT2D eigenvalue weighted by Crippen LogP contribution is 2.28. The molecule has 1 aromatic carbocycles. The van der Waals surface area contributed by atoms with E-state index in [9.17, 15) is 0 Å². The Bertz CT molecular complexity index is 350. The maximum atomic E-state index is 6.45. The molecule has 17 heavy (non-hydrogen) atoms. The van der Waals surface area contributed by atoms with Crippen molar-refractivity contribution in [3.05, 3.63) is 29.8 Å². The number of rotatable bonds is 4. The maximum absolute atomic E-state index is 6.45. The Kier molecular flexibility index (Phi) is 4.30. The fourth-order valence-electron chi connectivity index (χ4n) is 2.26.